The van der Waals surface area contributed by atoms with E-state index >= 15 is 0 Å². The minimum absolute atomic E-state index is 0. The van der Waals surface area contributed by atoms with Gasteiger partial charge in [-0.1, -0.05) is 0 Å². The van der Waals surface area contributed by atoms with Gasteiger partial charge in [-0.3, -0.25) is 10.2 Å². The molecule has 0 unspecified atom stereocenters. The number of rotatable bonds is 1. The van der Waals surface area contributed by atoms with E-state index in [9.17, 15) is 4.79 Å². The molecule has 82 valence electrons. The third-order valence-electron chi connectivity index (χ3n) is 2.23. The van der Waals surface area contributed by atoms with Gasteiger partial charge < -0.3 is 9.80 Å². The molecule has 0 aliphatic carbocycles. The van der Waals surface area contributed by atoms with E-state index in [-0.39, 0.29) is 24.2 Å². The Kier molecular flexibility index (Phi) is 5.88. The molecule has 1 N–H and O–H groups in total. The Morgan fingerprint density at radius 3 is 2.07 bits per heavy atom. The molecular weight excluding hydrogens is 225 g/mol. The van der Waals surface area contributed by atoms with Crippen LogP contribution in [0.15, 0.2) is 0 Å². The molecule has 1 saturated heterocycles. The molecular formula is C8H15Cl2N3O. The van der Waals surface area contributed by atoms with Gasteiger partial charge >= 0.3 is 0 Å². The highest BCUT2D eigenvalue weighted by Gasteiger charge is 2.19. The highest BCUT2D eigenvalue weighted by atomic mass is 35.5. The van der Waals surface area contributed by atoms with Gasteiger partial charge in [-0.2, -0.15) is 0 Å². The van der Waals surface area contributed by atoms with Gasteiger partial charge in [0.05, 0.1) is 5.88 Å². The molecule has 0 atom stereocenters. The fourth-order valence-corrected chi connectivity index (χ4v) is 1.54. The molecule has 0 radical (unpaired) electrons. The first-order valence-electron chi connectivity index (χ1n) is 4.29. The van der Waals surface area contributed by atoms with Gasteiger partial charge in [-0.15, -0.1) is 24.0 Å². The minimum atomic E-state index is 0. The molecule has 0 aromatic heterocycles. The molecule has 14 heavy (non-hydrogen) atoms. The first-order valence-corrected chi connectivity index (χ1v) is 4.82. The lowest BCUT2D eigenvalue weighted by atomic mass is 10.3. The summed E-state index contributed by atoms with van der Waals surface area (Å²) in [4.78, 5) is 14.7. The number of nitrogens with one attached hydrogen (secondary N) is 1. The summed E-state index contributed by atoms with van der Waals surface area (Å²) in [5.41, 5.74) is 0. The maximum absolute atomic E-state index is 11.0. The average molecular weight is 240 g/mol. The molecule has 1 rings (SSSR count). The first kappa shape index (κ1) is 13.5. The van der Waals surface area contributed by atoms with E-state index in [1.807, 2.05) is 4.90 Å². The monoisotopic (exact) mass is 239 g/mol. The predicted octanol–water partition coefficient (Wildman–Crippen LogP) is 0.788. The lowest BCUT2D eigenvalue weighted by molar-refractivity contribution is -0.130. The van der Waals surface area contributed by atoms with Gasteiger partial charge in [0.2, 0.25) is 5.91 Å². The number of alkyl halides is 1. The summed E-state index contributed by atoms with van der Waals surface area (Å²) in [6.07, 6.45) is 0. The Morgan fingerprint density at radius 2 is 1.71 bits per heavy atom. The molecule has 1 heterocycles. The summed E-state index contributed by atoms with van der Waals surface area (Å²) in [6.45, 7) is 4.43. The van der Waals surface area contributed by atoms with E-state index in [0.29, 0.717) is 18.9 Å². The van der Waals surface area contributed by atoms with Gasteiger partial charge in [0.1, 0.15) is 5.84 Å². The second kappa shape index (κ2) is 6.09. The zero-order valence-electron chi connectivity index (χ0n) is 8.12. The highest BCUT2D eigenvalue weighted by molar-refractivity contribution is 6.27. The summed E-state index contributed by atoms with van der Waals surface area (Å²) >= 11 is 5.54. The Hall–Kier alpha value is -0.480. The smallest absolute Gasteiger partial charge is 0.219 e. The van der Waals surface area contributed by atoms with E-state index in [0.717, 1.165) is 13.1 Å². The van der Waals surface area contributed by atoms with Gasteiger partial charge in [-0.05, 0) is 0 Å². The Labute approximate surface area is 95.1 Å². The van der Waals surface area contributed by atoms with Gasteiger partial charge in [0, 0.05) is 33.1 Å². The molecule has 0 spiro atoms. The molecule has 0 saturated carbocycles. The van der Waals surface area contributed by atoms with E-state index in [1.165, 1.54) is 0 Å². The van der Waals surface area contributed by atoms with Crippen molar-refractivity contribution in [2.45, 2.75) is 6.92 Å². The summed E-state index contributed by atoms with van der Waals surface area (Å²) in [6, 6.07) is 0. The second-order valence-electron chi connectivity index (χ2n) is 3.07. The van der Waals surface area contributed by atoms with E-state index in [2.05, 4.69) is 0 Å². The van der Waals surface area contributed by atoms with Crippen LogP contribution in [0.1, 0.15) is 6.92 Å². The van der Waals surface area contributed by atoms with Gasteiger partial charge in [0.15, 0.2) is 0 Å². The number of carbonyl (C=O) groups is 1. The first-order chi connectivity index (χ1) is 6.15. The van der Waals surface area contributed by atoms with Crippen LogP contribution < -0.4 is 0 Å². The van der Waals surface area contributed by atoms with Crippen LogP contribution in [0.5, 0.6) is 0 Å². The highest BCUT2D eigenvalue weighted by Crippen LogP contribution is 2.03. The molecule has 1 aliphatic heterocycles. The normalized spacial score (nSPS) is 16.1. The van der Waals surface area contributed by atoms with Gasteiger partial charge in [-0.25, -0.2) is 0 Å². The molecule has 1 aliphatic rings. The zero-order valence-corrected chi connectivity index (χ0v) is 9.70. The zero-order chi connectivity index (χ0) is 9.84. The summed E-state index contributed by atoms with van der Waals surface area (Å²) in [7, 11) is 0. The largest absolute Gasteiger partial charge is 0.356 e. The molecule has 1 amide bonds. The Balaban J connectivity index is 0.00000169. The molecule has 0 aromatic rings. The van der Waals surface area contributed by atoms with Crippen LogP contribution in [-0.4, -0.2) is 53.6 Å². The van der Waals surface area contributed by atoms with Crippen LogP contribution in [0.4, 0.5) is 0 Å². The van der Waals surface area contributed by atoms with E-state index in [1.54, 1.807) is 11.8 Å². The SMILES string of the molecule is CC(=O)N1CCN(C(=N)CCl)CC1.Cl. The lowest BCUT2D eigenvalue weighted by Gasteiger charge is -2.35. The topological polar surface area (TPSA) is 47.4 Å². The van der Waals surface area contributed by atoms with E-state index in [4.69, 9.17) is 17.0 Å². The number of hydrogen-bond donors (Lipinski definition) is 1. The van der Waals surface area contributed by atoms with Crippen LogP contribution >= 0.6 is 24.0 Å². The van der Waals surface area contributed by atoms with Crippen LogP contribution in [-0.2, 0) is 4.79 Å². The quantitative estimate of drug-likeness (QED) is 0.418. The average Bonchev–Trinajstić information content (AvgIpc) is 2.17. The van der Waals surface area contributed by atoms with Crippen molar-refractivity contribution in [1.29, 1.82) is 5.41 Å². The second-order valence-corrected chi connectivity index (χ2v) is 3.34. The lowest BCUT2D eigenvalue weighted by Crippen LogP contribution is -2.50. The van der Waals surface area contributed by atoms with Crippen LogP contribution in [0, 0.1) is 5.41 Å². The molecule has 6 heteroatoms. The van der Waals surface area contributed by atoms with Crippen molar-refractivity contribution in [3.63, 3.8) is 0 Å². The standard InChI is InChI=1S/C8H14ClN3O.ClH/c1-7(13)11-2-4-12(5-3-11)8(10)6-9;/h10H,2-6H2,1H3;1H. The van der Waals surface area contributed by atoms with Crippen LogP contribution in [0.25, 0.3) is 0 Å². The fraction of sp³-hybridized carbons (Fsp3) is 0.750. The minimum Gasteiger partial charge on any atom is -0.356 e. The molecule has 1 fully saturated rings. The third kappa shape index (κ3) is 3.35. The summed E-state index contributed by atoms with van der Waals surface area (Å²) < 4.78 is 0. The third-order valence-corrected chi connectivity index (χ3v) is 2.49. The van der Waals surface area contributed by atoms with Gasteiger partial charge in [0.25, 0.3) is 0 Å². The van der Waals surface area contributed by atoms with Crippen LogP contribution in [0.2, 0.25) is 0 Å². The number of amides is 1. The van der Waals surface area contributed by atoms with Crippen molar-refractivity contribution < 1.29 is 4.79 Å². The number of halogens is 2. The van der Waals surface area contributed by atoms with Crippen molar-refractivity contribution in [2.24, 2.45) is 0 Å². The molecule has 0 aromatic carbocycles. The fourth-order valence-electron chi connectivity index (χ4n) is 1.38. The molecule has 0 bridgehead atoms. The van der Waals surface area contributed by atoms with E-state index < -0.39 is 0 Å². The maximum Gasteiger partial charge on any atom is 0.219 e. The van der Waals surface area contributed by atoms with Crippen molar-refractivity contribution in [3.8, 4) is 0 Å². The maximum atomic E-state index is 11.0. The van der Waals surface area contributed by atoms with Crippen LogP contribution in [0.3, 0.4) is 0 Å². The number of hydrogen-bond acceptors (Lipinski definition) is 2. The number of carbonyl (C=O) groups excluding carboxylic acids is 1. The summed E-state index contributed by atoms with van der Waals surface area (Å²) in [5.74, 6) is 0.807. The summed E-state index contributed by atoms with van der Waals surface area (Å²) in [5, 5.41) is 7.50. The predicted molar refractivity (Wildman–Crippen MR) is 59.5 cm³/mol. The Morgan fingerprint density at radius 1 is 1.29 bits per heavy atom. The number of piperazine rings is 1. The van der Waals surface area contributed by atoms with Crippen molar-refractivity contribution in [3.05, 3.63) is 0 Å². The number of amidine groups is 1. The molecule has 4 nitrogen and oxygen atoms in total. The van der Waals surface area contributed by atoms with Crippen molar-refractivity contribution in [2.75, 3.05) is 32.1 Å². The van der Waals surface area contributed by atoms with Crippen molar-refractivity contribution >= 4 is 35.8 Å². The number of nitrogens with zero attached hydrogens (tertiary/aromatic N) is 2. The Bertz CT molecular complexity index is 215. The van der Waals surface area contributed by atoms with Crippen molar-refractivity contribution in [1.82, 2.24) is 9.80 Å².